The van der Waals surface area contributed by atoms with E-state index in [2.05, 4.69) is 43.0 Å². The van der Waals surface area contributed by atoms with Crippen LogP contribution in [0.1, 0.15) is 37.0 Å². The Labute approximate surface area is 144 Å². The zero-order valence-corrected chi connectivity index (χ0v) is 14.6. The van der Waals surface area contributed by atoms with Crippen LogP contribution < -0.4 is 0 Å². The van der Waals surface area contributed by atoms with Gasteiger partial charge in [0.2, 0.25) is 0 Å². The van der Waals surface area contributed by atoms with Crippen LogP contribution in [0.4, 0.5) is 0 Å². The van der Waals surface area contributed by atoms with Crippen LogP contribution in [0.15, 0.2) is 23.8 Å². The van der Waals surface area contributed by atoms with Crippen LogP contribution in [0.5, 0.6) is 0 Å². The van der Waals surface area contributed by atoms with Crippen LogP contribution >= 0.6 is 0 Å². The molecule has 3 rings (SSSR count). The van der Waals surface area contributed by atoms with Gasteiger partial charge >= 0.3 is 5.97 Å². The Hall–Kier alpha value is -1.65. The van der Waals surface area contributed by atoms with Gasteiger partial charge in [0.05, 0.1) is 12.5 Å². The van der Waals surface area contributed by atoms with Crippen molar-refractivity contribution in [3.63, 3.8) is 0 Å². The standard InChI is InChI=1S/C20H27NO3/c1-3-6-24-13-15-4-5-16-9-18(14(2)7-17(16)8-15)10-21-11-19(12-21)20(22)23/h4-5,8-9,14,19H,3,6-7,10-13H2,1-2H3,(H,22,23)/t14-/m0/s1. The van der Waals surface area contributed by atoms with Crippen molar-refractivity contribution in [1.29, 1.82) is 0 Å². The average Bonchev–Trinajstić information content (AvgIpc) is 2.50. The van der Waals surface area contributed by atoms with Gasteiger partial charge in [-0.15, -0.1) is 0 Å². The Morgan fingerprint density at radius 2 is 2.17 bits per heavy atom. The van der Waals surface area contributed by atoms with Crippen molar-refractivity contribution in [2.75, 3.05) is 26.2 Å². The molecule has 0 aromatic heterocycles. The Bertz CT molecular complexity index is 632. The predicted molar refractivity (Wildman–Crippen MR) is 94.8 cm³/mol. The first-order valence-corrected chi connectivity index (χ1v) is 8.92. The second-order valence-corrected chi connectivity index (χ2v) is 7.14. The highest BCUT2D eigenvalue weighted by Gasteiger charge is 2.33. The van der Waals surface area contributed by atoms with Crippen LogP contribution in [-0.2, 0) is 22.6 Å². The fourth-order valence-electron chi connectivity index (χ4n) is 3.52. The summed E-state index contributed by atoms with van der Waals surface area (Å²) in [5, 5.41) is 8.99. The molecule has 0 saturated carbocycles. The monoisotopic (exact) mass is 329 g/mol. The number of ether oxygens (including phenoxy) is 1. The van der Waals surface area contributed by atoms with Crippen LogP contribution in [-0.4, -0.2) is 42.2 Å². The number of hydrogen-bond donors (Lipinski definition) is 1. The molecule has 0 radical (unpaired) electrons. The van der Waals surface area contributed by atoms with E-state index in [4.69, 9.17) is 9.84 Å². The van der Waals surface area contributed by atoms with E-state index >= 15 is 0 Å². The number of carboxylic acid groups (broad SMARTS) is 1. The van der Waals surface area contributed by atoms with Gasteiger partial charge in [0.15, 0.2) is 0 Å². The Balaban J connectivity index is 1.63. The molecule has 0 spiro atoms. The van der Waals surface area contributed by atoms with Crippen molar-refractivity contribution in [1.82, 2.24) is 4.90 Å². The number of likely N-dealkylation sites (tertiary alicyclic amines) is 1. The zero-order valence-electron chi connectivity index (χ0n) is 14.6. The number of rotatable bonds is 7. The molecule has 130 valence electrons. The molecule has 1 fully saturated rings. The number of carboxylic acids is 1. The average molecular weight is 329 g/mol. The summed E-state index contributed by atoms with van der Waals surface area (Å²) in [7, 11) is 0. The molecule has 0 amide bonds. The number of benzene rings is 1. The highest BCUT2D eigenvalue weighted by molar-refractivity contribution is 5.71. The van der Waals surface area contributed by atoms with Gasteiger partial charge in [-0.05, 0) is 35.4 Å². The third-order valence-corrected chi connectivity index (χ3v) is 5.04. The van der Waals surface area contributed by atoms with Crippen LogP contribution in [0.3, 0.4) is 0 Å². The van der Waals surface area contributed by atoms with Crippen molar-refractivity contribution < 1.29 is 14.6 Å². The lowest BCUT2D eigenvalue weighted by Crippen LogP contribution is -2.51. The summed E-state index contributed by atoms with van der Waals surface area (Å²) in [5.41, 5.74) is 5.37. The summed E-state index contributed by atoms with van der Waals surface area (Å²) < 4.78 is 5.64. The van der Waals surface area contributed by atoms with Gasteiger partial charge in [0.25, 0.3) is 0 Å². The van der Waals surface area contributed by atoms with Crippen LogP contribution in [0.25, 0.3) is 6.08 Å². The molecule has 1 aliphatic heterocycles. The minimum Gasteiger partial charge on any atom is -0.481 e. The van der Waals surface area contributed by atoms with Crippen molar-refractivity contribution in [3.05, 3.63) is 40.5 Å². The summed E-state index contributed by atoms with van der Waals surface area (Å²) in [5.74, 6) is -0.337. The van der Waals surface area contributed by atoms with Crippen molar-refractivity contribution in [3.8, 4) is 0 Å². The number of fused-ring (bicyclic) bond motifs is 1. The van der Waals surface area contributed by atoms with E-state index in [1.165, 1.54) is 22.3 Å². The van der Waals surface area contributed by atoms with E-state index in [9.17, 15) is 4.79 Å². The second kappa shape index (κ2) is 7.49. The SMILES string of the molecule is CCCOCc1ccc2c(c1)C[C@H](C)C(CN1CC(C(=O)O)C1)=C2. The molecular formula is C20H27NO3. The number of nitrogens with zero attached hydrogens (tertiary/aromatic N) is 1. The third-order valence-electron chi connectivity index (χ3n) is 5.04. The van der Waals surface area contributed by atoms with Crippen molar-refractivity contribution in [2.24, 2.45) is 11.8 Å². The van der Waals surface area contributed by atoms with Crippen molar-refractivity contribution in [2.45, 2.75) is 33.3 Å². The predicted octanol–water partition coefficient (Wildman–Crippen LogP) is 3.21. The molecule has 0 unspecified atom stereocenters. The van der Waals surface area contributed by atoms with Gasteiger partial charge in [-0.2, -0.15) is 0 Å². The smallest absolute Gasteiger partial charge is 0.309 e. The molecule has 1 atom stereocenters. The fourth-order valence-corrected chi connectivity index (χ4v) is 3.52. The summed E-state index contributed by atoms with van der Waals surface area (Å²) in [6, 6.07) is 6.63. The van der Waals surface area contributed by atoms with Crippen molar-refractivity contribution >= 4 is 12.0 Å². The zero-order chi connectivity index (χ0) is 17.1. The summed E-state index contributed by atoms with van der Waals surface area (Å²) in [4.78, 5) is 13.2. The Morgan fingerprint density at radius 1 is 1.38 bits per heavy atom. The first kappa shape index (κ1) is 17.2. The molecule has 1 heterocycles. The maximum absolute atomic E-state index is 10.9. The summed E-state index contributed by atoms with van der Waals surface area (Å²) >= 11 is 0. The molecule has 1 aromatic carbocycles. The quantitative estimate of drug-likeness (QED) is 0.781. The van der Waals surface area contributed by atoms with E-state index in [1.54, 1.807) is 0 Å². The molecule has 4 nitrogen and oxygen atoms in total. The number of aliphatic carboxylic acids is 1. The van der Waals surface area contributed by atoms with E-state index in [-0.39, 0.29) is 5.92 Å². The summed E-state index contributed by atoms with van der Waals surface area (Å²) in [6.45, 7) is 8.15. The van der Waals surface area contributed by atoms with E-state index in [0.29, 0.717) is 25.6 Å². The molecule has 1 saturated heterocycles. The molecule has 2 aliphatic rings. The van der Waals surface area contributed by atoms with Crippen LogP contribution in [0.2, 0.25) is 0 Å². The number of hydrogen-bond acceptors (Lipinski definition) is 3. The molecule has 4 heteroatoms. The minimum atomic E-state index is -0.667. The first-order chi connectivity index (χ1) is 11.6. The lowest BCUT2D eigenvalue weighted by molar-refractivity contribution is -0.147. The van der Waals surface area contributed by atoms with Gasteiger partial charge in [-0.1, -0.05) is 43.7 Å². The van der Waals surface area contributed by atoms with Gasteiger partial charge in [-0.25, -0.2) is 0 Å². The van der Waals surface area contributed by atoms with Gasteiger partial charge in [-0.3, -0.25) is 9.69 Å². The minimum absolute atomic E-state index is 0.178. The van der Waals surface area contributed by atoms with Gasteiger partial charge in [0.1, 0.15) is 0 Å². The molecular weight excluding hydrogens is 302 g/mol. The summed E-state index contributed by atoms with van der Waals surface area (Å²) in [6.07, 6.45) is 4.40. The van der Waals surface area contributed by atoms with E-state index in [0.717, 1.165) is 26.0 Å². The highest BCUT2D eigenvalue weighted by Crippen LogP contribution is 2.31. The normalized spacial score (nSPS) is 21.1. The molecule has 1 N–H and O–H groups in total. The maximum Gasteiger partial charge on any atom is 0.309 e. The molecule has 1 aromatic rings. The van der Waals surface area contributed by atoms with Gasteiger partial charge < -0.3 is 9.84 Å². The molecule has 24 heavy (non-hydrogen) atoms. The lowest BCUT2D eigenvalue weighted by Gasteiger charge is -2.38. The van der Waals surface area contributed by atoms with Gasteiger partial charge in [0, 0.05) is 26.2 Å². The molecule has 1 aliphatic carbocycles. The Morgan fingerprint density at radius 3 is 2.88 bits per heavy atom. The fraction of sp³-hybridized carbons (Fsp3) is 0.550. The van der Waals surface area contributed by atoms with E-state index < -0.39 is 5.97 Å². The highest BCUT2D eigenvalue weighted by atomic mass is 16.5. The third kappa shape index (κ3) is 3.87. The largest absolute Gasteiger partial charge is 0.481 e. The lowest BCUT2D eigenvalue weighted by atomic mass is 9.83. The topological polar surface area (TPSA) is 49.8 Å². The maximum atomic E-state index is 10.9. The van der Waals surface area contributed by atoms with Crippen LogP contribution in [0, 0.1) is 11.8 Å². The second-order valence-electron chi connectivity index (χ2n) is 7.14. The molecule has 0 bridgehead atoms. The first-order valence-electron chi connectivity index (χ1n) is 8.92. The Kier molecular flexibility index (Phi) is 5.36. The van der Waals surface area contributed by atoms with E-state index in [1.807, 2.05) is 0 Å². The number of carbonyl (C=O) groups is 1.